The van der Waals surface area contributed by atoms with E-state index in [1.54, 1.807) is 9.95 Å². The van der Waals surface area contributed by atoms with E-state index in [2.05, 4.69) is 5.32 Å². The lowest BCUT2D eigenvalue weighted by Gasteiger charge is -2.25. The molecule has 0 aromatic carbocycles. The van der Waals surface area contributed by atoms with E-state index in [-0.39, 0.29) is 17.2 Å². The molecular weight excluding hydrogens is 292 g/mol. The number of aliphatic carboxylic acids is 1. The number of nitrogens with one attached hydrogen (secondary N) is 1. The summed E-state index contributed by atoms with van der Waals surface area (Å²) >= 11 is 1.15. The summed E-state index contributed by atoms with van der Waals surface area (Å²) in [7, 11) is 0. The van der Waals surface area contributed by atoms with E-state index < -0.39 is 11.5 Å². The molecule has 0 spiro atoms. The van der Waals surface area contributed by atoms with E-state index in [1.165, 1.54) is 0 Å². The van der Waals surface area contributed by atoms with Gasteiger partial charge in [-0.3, -0.25) is 9.59 Å². The van der Waals surface area contributed by atoms with Crippen molar-refractivity contribution in [2.24, 2.45) is 0 Å². The first-order valence-electron chi connectivity index (χ1n) is 7.14. The number of amides is 1. The van der Waals surface area contributed by atoms with E-state index in [0.717, 1.165) is 29.9 Å². The predicted octanol–water partition coefficient (Wildman–Crippen LogP) is 1.51. The summed E-state index contributed by atoms with van der Waals surface area (Å²) in [5.74, 6) is -1.20. The molecule has 2 N–H and O–H groups in total. The van der Waals surface area contributed by atoms with E-state index in [1.807, 2.05) is 6.92 Å². The maximum Gasteiger partial charge on any atom is 0.329 e. The van der Waals surface area contributed by atoms with Gasteiger partial charge in [0.25, 0.3) is 0 Å². The Balaban J connectivity index is 1.85. The van der Waals surface area contributed by atoms with Crippen molar-refractivity contribution < 1.29 is 14.7 Å². The summed E-state index contributed by atoms with van der Waals surface area (Å²) in [5.41, 5.74) is -0.185. The molecule has 1 saturated carbocycles. The first-order chi connectivity index (χ1) is 9.94. The highest BCUT2D eigenvalue weighted by molar-refractivity contribution is 7.07. The minimum absolute atomic E-state index is 0.0225. The van der Waals surface area contributed by atoms with Gasteiger partial charge in [0.15, 0.2) is 0 Å². The standard InChI is InChI=1S/C14H20N2O4S/c1-10-9-21-13(20)16(10)8-4-5-11(17)15-14(12(18)19)6-2-3-7-14/h9H,2-8H2,1H3,(H,15,17)(H,18,19). The van der Waals surface area contributed by atoms with Crippen LogP contribution in [0.5, 0.6) is 0 Å². The molecule has 0 saturated heterocycles. The minimum atomic E-state index is -1.08. The first-order valence-corrected chi connectivity index (χ1v) is 8.02. The van der Waals surface area contributed by atoms with Crippen molar-refractivity contribution in [1.82, 2.24) is 9.88 Å². The molecule has 0 atom stereocenters. The average Bonchev–Trinajstić information content (AvgIpc) is 3.01. The second kappa shape index (κ2) is 6.43. The lowest BCUT2D eigenvalue weighted by Crippen LogP contribution is -2.52. The molecule has 21 heavy (non-hydrogen) atoms. The maximum absolute atomic E-state index is 11.9. The Labute approximate surface area is 126 Å². The second-order valence-electron chi connectivity index (χ2n) is 5.54. The molecule has 0 radical (unpaired) electrons. The molecule has 7 heteroatoms. The maximum atomic E-state index is 11.9. The fraction of sp³-hybridized carbons (Fsp3) is 0.643. The number of hydrogen-bond acceptors (Lipinski definition) is 4. The van der Waals surface area contributed by atoms with Gasteiger partial charge in [-0.2, -0.15) is 0 Å². The summed E-state index contributed by atoms with van der Waals surface area (Å²) in [4.78, 5) is 34.8. The molecule has 1 aromatic rings. The lowest BCUT2D eigenvalue weighted by molar-refractivity contribution is -0.147. The quantitative estimate of drug-likeness (QED) is 0.833. The number of carbonyl (C=O) groups is 2. The van der Waals surface area contributed by atoms with Gasteiger partial charge in [0.1, 0.15) is 5.54 Å². The zero-order valence-corrected chi connectivity index (χ0v) is 12.9. The van der Waals surface area contributed by atoms with Gasteiger partial charge in [0.05, 0.1) is 0 Å². The number of carboxylic acid groups (broad SMARTS) is 1. The number of aryl methyl sites for hydroxylation is 1. The van der Waals surface area contributed by atoms with Crippen molar-refractivity contribution in [3.63, 3.8) is 0 Å². The van der Waals surface area contributed by atoms with Gasteiger partial charge < -0.3 is 15.0 Å². The van der Waals surface area contributed by atoms with E-state index in [4.69, 9.17) is 0 Å². The normalized spacial score (nSPS) is 16.8. The second-order valence-corrected chi connectivity index (χ2v) is 6.36. The van der Waals surface area contributed by atoms with Gasteiger partial charge in [-0.15, -0.1) is 0 Å². The van der Waals surface area contributed by atoms with Crippen LogP contribution in [-0.2, 0) is 16.1 Å². The average molecular weight is 312 g/mol. The molecule has 1 aromatic heterocycles. The zero-order chi connectivity index (χ0) is 15.5. The number of nitrogens with zero attached hydrogens (tertiary/aromatic N) is 1. The zero-order valence-electron chi connectivity index (χ0n) is 12.1. The Kier molecular flexibility index (Phi) is 4.82. The van der Waals surface area contributed by atoms with Crippen LogP contribution in [0.15, 0.2) is 10.2 Å². The number of carboxylic acids is 1. The van der Waals surface area contributed by atoms with Crippen molar-refractivity contribution in [2.45, 2.75) is 57.5 Å². The van der Waals surface area contributed by atoms with Gasteiger partial charge in [0, 0.05) is 24.0 Å². The summed E-state index contributed by atoms with van der Waals surface area (Å²) < 4.78 is 1.64. The number of thiazole rings is 1. The van der Waals surface area contributed by atoms with Gasteiger partial charge in [-0.05, 0) is 26.2 Å². The van der Waals surface area contributed by atoms with E-state index in [9.17, 15) is 19.5 Å². The molecule has 1 amide bonds. The highest BCUT2D eigenvalue weighted by atomic mass is 32.1. The predicted molar refractivity (Wildman–Crippen MR) is 79.5 cm³/mol. The van der Waals surface area contributed by atoms with Crippen LogP contribution in [0.3, 0.4) is 0 Å². The molecule has 1 aliphatic carbocycles. The summed E-state index contributed by atoms with van der Waals surface area (Å²) in [5, 5.41) is 13.8. The molecule has 1 aliphatic rings. The summed E-state index contributed by atoms with van der Waals surface area (Å²) in [6, 6.07) is 0. The number of carbonyl (C=O) groups excluding carboxylic acids is 1. The third kappa shape index (κ3) is 3.53. The highest BCUT2D eigenvalue weighted by Crippen LogP contribution is 2.30. The van der Waals surface area contributed by atoms with Crippen LogP contribution in [0.25, 0.3) is 0 Å². The molecule has 0 bridgehead atoms. The van der Waals surface area contributed by atoms with Crippen molar-refractivity contribution >= 4 is 23.2 Å². The Hall–Kier alpha value is -1.63. The molecule has 0 aliphatic heterocycles. The van der Waals surface area contributed by atoms with Crippen LogP contribution < -0.4 is 10.2 Å². The van der Waals surface area contributed by atoms with Crippen LogP contribution >= 0.6 is 11.3 Å². The van der Waals surface area contributed by atoms with Crippen LogP contribution in [-0.4, -0.2) is 27.1 Å². The fourth-order valence-corrected chi connectivity index (χ4v) is 3.53. The topological polar surface area (TPSA) is 88.4 Å². The SMILES string of the molecule is Cc1csc(=O)n1CCCC(=O)NC1(C(=O)O)CCCC1. The van der Waals surface area contributed by atoms with Crippen LogP contribution in [0.1, 0.15) is 44.2 Å². The number of aromatic nitrogens is 1. The molecule has 116 valence electrons. The van der Waals surface area contributed by atoms with E-state index >= 15 is 0 Å². The Bertz CT molecular complexity index is 584. The van der Waals surface area contributed by atoms with Crippen LogP contribution in [0, 0.1) is 6.92 Å². The van der Waals surface area contributed by atoms with Gasteiger partial charge >= 0.3 is 10.8 Å². The van der Waals surface area contributed by atoms with Gasteiger partial charge in [-0.25, -0.2) is 4.79 Å². The Morgan fingerprint density at radius 1 is 1.43 bits per heavy atom. The Morgan fingerprint density at radius 3 is 2.62 bits per heavy atom. The summed E-state index contributed by atoms with van der Waals surface area (Å²) in [6.45, 7) is 2.34. The molecule has 6 nitrogen and oxygen atoms in total. The minimum Gasteiger partial charge on any atom is -0.480 e. The van der Waals surface area contributed by atoms with Gasteiger partial charge in [-0.1, -0.05) is 24.2 Å². The number of rotatable bonds is 6. The molecule has 0 unspecified atom stereocenters. The fourth-order valence-electron chi connectivity index (χ4n) is 2.77. The van der Waals surface area contributed by atoms with Gasteiger partial charge in [0.2, 0.25) is 5.91 Å². The van der Waals surface area contributed by atoms with Crippen LogP contribution in [0.4, 0.5) is 0 Å². The molecular formula is C14H20N2O4S. The lowest BCUT2D eigenvalue weighted by atomic mass is 9.97. The smallest absolute Gasteiger partial charge is 0.329 e. The monoisotopic (exact) mass is 312 g/mol. The Morgan fingerprint density at radius 2 is 2.10 bits per heavy atom. The largest absolute Gasteiger partial charge is 0.480 e. The van der Waals surface area contributed by atoms with Crippen molar-refractivity contribution in [2.75, 3.05) is 0 Å². The van der Waals surface area contributed by atoms with Crippen molar-refractivity contribution in [1.29, 1.82) is 0 Å². The third-order valence-electron chi connectivity index (χ3n) is 4.01. The molecule has 1 heterocycles. The van der Waals surface area contributed by atoms with Crippen molar-refractivity contribution in [3.8, 4) is 0 Å². The molecule has 1 fully saturated rings. The van der Waals surface area contributed by atoms with Crippen LogP contribution in [0.2, 0.25) is 0 Å². The molecule has 2 rings (SSSR count). The van der Waals surface area contributed by atoms with Crippen molar-refractivity contribution in [3.05, 3.63) is 20.7 Å². The first kappa shape index (κ1) is 15.8. The number of hydrogen-bond donors (Lipinski definition) is 2. The third-order valence-corrected chi connectivity index (χ3v) is 4.89. The highest BCUT2D eigenvalue weighted by Gasteiger charge is 2.42. The van der Waals surface area contributed by atoms with E-state index in [0.29, 0.717) is 25.8 Å². The summed E-state index contributed by atoms with van der Waals surface area (Å²) in [6.07, 6.45) is 3.41.